The quantitative estimate of drug-likeness (QED) is 0.403. The molecule has 0 spiro atoms. The third-order valence-electron chi connectivity index (χ3n) is 2.23. The molecule has 2 unspecified atom stereocenters. The Kier molecular flexibility index (Phi) is 5.07. The van der Waals surface area contributed by atoms with Crippen molar-refractivity contribution in [2.24, 2.45) is 0 Å². The third-order valence-corrected chi connectivity index (χ3v) is 4.89. The maximum atomic E-state index is 11.5. The molecule has 1 fully saturated rings. The molecule has 1 heterocycles. The van der Waals surface area contributed by atoms with Crippen LogP contribution >= 0.6 is 0 Å². The van der Waals surface area contributed by atoms with Crippen LogP contribution in [-0.2, 0) is 47.7 Å². The number of hydrogen-bond donors (Lipinski definition) is 0. The summed E-state index contributed by atoms with van der Waals surface area (Å²) in [6, 6.07) is 0. The average Bonchev–Trinajstić information content (AvgIpc) is 2.38. The highest BCUT2D eigenvalue weighted by molar-refractivity contribution is 7.90. The van der Waals surface area contributed by atoms with E-state index in [2.05, 4.69) is 17.8 Å². The number of carbonyl (C=O) groups excluding carboxylic acids is 2. The fraction of sp³-hybridized carbons (Fsp3) is 0.750. The van der Waals surface area contributed by atoms with Gasteiger partial charge in [0.05, 0.1) is 25.7 Å². The normalized spacial score (nSPS) is 28.7. The van der Waals surface area contributed by atoms with E-state index in [0.717, 1.165) is 14.2 Å². The van der Waals surface area contributed by atoms with Crippen LogP contribution < -0.4 is 0 Å². The number of carbonyl (C=O) groups is 2. The second kappa shape index (κ2) is 6.03. The molecule has 0 aromatic heterocycles. The molecular formula is C8H12O10S2. The zero-order chi connectivity index (χ0) is 15.6. The first-order valence-electron chi connectivity index (χ1n) is 5.09. The van der Waals surface area contributed by atoms with Crippen molar-refractivity contribution in [1.82, 2.24) is 0 Å². The monoisotopic (exact) mass is 332 g/mol. The van der Waals surface area contributed by atoms with Crippen molar-refractivity contribution in [2.45, 2.75) is 12.2 Å². The van der Waals surface area contributed by atoms with Gasteiger partial charge >= 0.3 is 11.9 Å². The Morgan fingerprint density at radius 3 is 1.40 bits per heavy atom. The number of rotatable bonds is 2. The Balaban J connectivity index is 3.29. The van der Waals surface area contributed by atoms with Gasteiger partial charge in [-0.25, -0.2) is 9.59 Å². The fourth-order valence-electron chi connectivity index (χ4n) is 1.28. The van der Waals surface area contributed by atoms with Crippen molar-refractivity contribution < 1.29 is 44.3 Å². The van der Waals surface area contributed by atoms with Crippen LogP contribution in [0.4, 0.5) is 0 Å². The van der Waals surface area contributed by atoms with Crippen LogP contribution in [-0.4, -0.2) is 66.7 Å². The summed E-state index contributed by atoms with van der Waals surface area (Å²) in [7, 11) is -6.92. The summed E-state index contributed by atoms with van der Waals surface area (Å²) in [6.45, 7) is 0. The van der Waals surface area contributed by atoms with E-state index in [-0.39, 0.29) is 0 Å². The van der Waals surface area contributed by atoms with E-state index in [9.17, 15) is 26.4 Å². The van der Waals surface area contributed by atoms with Gasteiger partial charge in [-0.3, -0.25) is 8.37 Å². The molecule has 0 aromatic rings. The maximum absolute atomic E-state index is 11.5. The van der Waals surface area contributed by atoms with Crippen molar-refractivity contribution in [1.29, 1.82) is 0 Å². The molecule has 116 valence electrons. The van der Waals surface area contributed by atoms with E-state index >= 15 is 0 Å². The second-order valence-electron chi connectivity index (χ2n) is 3.60. The highest BCUT2D eigenvalue weighted by Crippen LogP contribution is 2.18. The molecule has 0 N–H and O–H groups in total. The van der Waals surface area contributed by atoms with Gasteiger partial charge in [0, 0.05) is 0 Å². The molecule has 1 aliphatic heterocycles. The molecule has 12 heteroatoms. The van der Waals surface area contributed by atoms with Crippen LogP contribution in [0.15, 0.2) is 0 Å². The first-order valence-corrected chi connectivity index (χ1v) is 8.25. The third kappa shape index (κ3) is 4.13. The first kappa shape index (κ1) is 16.8. The largest absolute Gasteiger partial charge is 0.467 e. The Labute approximate surface area is 115 Å². The molecule has 20 heavy (non-hydrogen) atoms. The zero-order valence-electron chi connectivity index (χ0n) is 10.5. The Hall–Kier alpha value is -1.24. The van der Waals surface area contributed by atoms with Gasteiger partial charge in [0.15, 0.2) is 0 Å². The fourth-order valence-corrected chi connectivity index (χ4v) is 4.09. The molecule has 0 aromatic carbocycles. The Morgan fingerprint density at radius 1 is 0.850 bits per heavy atom. The minimum Gasteiger partial charge on any atom is -0.467 e. The zero-order valence-corrected chi connectivity index (χ0v) is 12.1. The lowest BCUT2D eigenvalue weighted by Gasteiger charge is -2.24. The summed E-state index contributed by atoms with van der Waals surface area (Å²) in [6.07, 6.45) is -4.21. The molecule has 0 saturated carbocycles. The van der Waals surface area contributed by atoms with Gasteiger partial charge in [-0.2, -0.15) is 16.8 Å². The van der Waals surface area contributed by atoms with Crippen LogP contribution in [0, 0.1) is 0 Å². The SMILES string of the molecule is COC(=O)C1OS(=O)(=O)CCS(=O)(=O)OC1C(=O)OC. The Morgan fingerprint density at radius 2 is 1.15 bits per heavy atom. The summed E-state index contributed by atoms with van der Waals surface area (Å²) in [4.78, 5) is 22.9. The standard InChI is InChI=1S/C8H12O10S2/c1-15-7(9)5-6(8(10)16-2)18-20(13,14)4-3-19(11,12)17-5/h5-6H,3-4H2,1-2H3. The van der Waals surface area contributed by atoms with Crippen molar-refractivity contribution >= 4 is 32.2 Å². The predicted octanol–water partition coefficient (Wildman–Crippen LogP) is -2.22. The number of hydrogen-bond acceptors (Lipinski definition) is 10. The van der Waals surface area contributed by atoms with Crippen molar-refractivity contribution in [3.8, 4) is 0 Å². The number of esters is 2. The van der Waals surface area contributed by atoms with Gasteiger partial charge in [-0.15, -0.1) is 0 Å². The highest BCUT2D eigenvalue weighted by atomic mass is 32.2. The van der Waals surface area contributed by atoms with E-state index in [1.807, 2.05) is 0 Å². The van der Waals surface area contributed by atoms with Gasteiger partial charge in [0.1, 0.15) is 0 Å². The smallest absolute Gasteiger partial charge is 0.340 e. The minimum absolute atomic E-state index is 0.903. The van der Waals surface area contributed by atoms with Crippen LogP contribution in [0.1, 0.15) is 0 Å². The van der Waals surface area contributed by atoms with E-state index in [0.29, 0.717) is 0 Å². The summed E-state index contributed by atoms with van der Waals surface area (Å²) >= 11 is 0. The predicted molar refractivity (Wildman–Crippen MR) is 61.4 cm³/mol. The number of ether oxygens (including phenoxy) is 2. The molecule has 2 atom stereocenters. The summed E-state index contributed by atoms with van der Waals surface area (Å²) < 4.78 is 63.4. The van der Waals surface area contributed by atoms with Gasteiger partial charge in [-0.05, 0) is 0 Å². The molecule has 10 nitrogen and oxygen atoms in total. The average molecular weight is 332 g/mol. The van der Waals surface area contributed by atoms with E-state index in [1.165, 1.54) is 0 Å². The van der Waals surface area contributed by atoms with Crippen LogP contribution in [0.5, 0.6) is 0 Å². The van der Waals surface area contributed by atoms with Gasteiger partial charge in [0.2, 0.25) is 12.2 Å². The maximum Gasteiger partial charge on any atom is 0.340 e. The molecular weight excluding hydrogens is 320 g/mol. The number of methoxy groups -OCH3 is 2. The molecule has 0 aliphatic carbocycles. The summed E-state index contributed by atoms with van der Waals surface area (Å²) in [5, 5.41) is 0. The van der Waals surface area contributed by atoms with E-state index in [4.69, 9.17) is 0 Å². The highest BCUT2D eigenvalue weighted by Gasteiger charge is 2.45. The van der Waals surface area contributed by atoms with Crippen molar-refractivity contribution in [3.63, 3.8) is 0 Å². The molecule has 1 saturated heterocycles. The minimum atomic E-state index is -4.36. The van der Waals surface area contributed by atoms with Crippen molar-refractivity contribution in [2.75, 3.05) is 25.7 Å². The van der Waals surface area contributed by atoms with Crippen molar-refractivity contribution in [3.05, 3.63) is 0 Å². The van der Waals surface area contributed by atoms with Gasteiger partial charge in [0.25, 0.3) is 20.2 Å². The lowest BCUT2D eigenvalue weighted by molar-refractivity contribution is -0.165. The van der Waals surface area contributed by atoms with Crippen LogP contribution in [0.25, 0.3) is 0 Å². The topological polar surface area (TPSA) is 139 Å². The van der Waals surface area contributed by atoms with Gasteiger partial charge < -0.3 is 9.47 Å². The first-order chi connectivity index (χ1) is 9.12. The lowest BCUT2D eigenvalue weighted by Crippen LogP contribution is -2.49. The molecule has 1 rings (SSSR count). The molecule has 0 radical (unpaired) electrons. The second-order valence-corrected chi connectivity index (χ2v) is 7.04. The van der Waals surface area contributed by atoms with E-state index in [1.54, 1.807) is 0 Å². The summed E-state index contributed by atoms with van der Waals surface area (Å²) in [5.74, 6) is -4.42. The molecule has 1 aliphatic rings. The van der Waals surface area contributed by atoms with Gasteiger partial charge in [-0.1, -0.05) is 0 Å². The van der Waals surface area contributed by atoms with Crippen LogP contribution in [0.2, 0.25) is 0 Å². The lowest BCUT2D eigenvalue weighted by atomic mass is 10.2. The van der Waals surface area contributed by atoms with Crippen LogP contribution in [0.3, 0.4) is 0 Å². The van der Waals surface area contributed by atoms with E-state index < -0.39 is 55.9 Å². The molecule has 0 bridgehead atoms. The Bertz CT molecular complexity index is 535. The molecule has 0 amide bonds. The summed E-state index contributed by atoms with van der Waals surface area (Å²) in [5.41, 5.74) is 0.